The summed E-state index contributed by atoms with van der Waals surface area (Å²) < 4.78 is 38.4. The van der Waals surface area contributed by atoms with Gasteiger partial charge in [0.15, 0.2) is 11.5 Å². The molecule has 1 aliphatic heterocycles. The summed E-state index contributed by atoms with van der Waals surface area (Å²) in [6.45, 7) is 1.02. The van der Waals surface area contributed by atoms with E-state index in [2.05, 4.69) is 4.72 Å². The molecule has 122 valence electrons. The zero-order valence-corrected chi connectivity index (χ0v) is 14.2. The van der Waals surface area contributed by atoms with Crippen LogP contribution in [-0.2, 0) is 10.0 Å². The minimum absolute atomic E-state index is 0.0492. The highest BCUT2D eigenvalue weighted by atomic mass is 35.5. The highest BCUT2D eigenvalue weighted by Gasteiger charge is 2.19. The third-order valence-electron chi connectivity index (χ3n) is 3.19. The van der Waals surface area contributed by atoms with Crippen molar-refractivity contribution < 1.29 is 17.9 Å². The van der Waals surface area contributed by atoms with Gasteiger partial charge in [0.05, 0.1) is 28.8 Å². The second kappa shape index (κ2) is 6.47. The molecule has 5 nitrogen and oxygen atoms in total. The van der Waals surface area contributed by atoms with Crippen molar-refractivity contribution in [2.24, 2.45) is 0 Å². The number of hydrogen-bond acceptors (Lipinski definition) is 4. The van der Waals surface area contributed by atoms with Gasteiger partial charge in [0.2, 0.25) is 0 Å². The summed E-state index contributed by atoms with van der Waals surface area (Å²) in [5.41, 5.74) is 0.218. The fourth-order valence-electron chi connectivity index (χ4n) is 2.10. The van der Waals surface area contributed by atoms with Gasteiger partial charge in [-0.1, -0.05) is 29.3 Å². The molecule has 0 atom stereocenters. The Morgan fingerprint density at radius 2 is 1.70 bits per heavy atom. The summed E-state index contributed by atoms with van der Waals surface area (Å²) in [5, 5.41) is 0.553. The molecule has 0 bridgehead atoms. The largest absolute Gasteiger partial charge is 0.490 e. The van der Waals surface area contributed by atoms with Gasteiger partial charge in [-0.05, 0) is 18.2 Å². The number of sulfonamides is 1. The molecule has 3 rings (SSSR count). The zero-order chi connectivity index (χ0) is 16.4. The number of benzene rings is 2. The Balaban J connectivity index is 1.95. The lowest BCUT2D eigenvalue weighted by Crippen LogP contribution is -2.13. The molecule has 0 fully saturated rings. The van der Waals surface area contributed by atoms with Crippen LogP contribution in [0.25, 0.3) is 0 Å². The molecule has 0 radical (unpaired) electrons. The van der Waals surface area contributed by atoms with Crippen molar-refractivity contribution in [3.8, 4) is 11.5 Å². The molecule has 0 amide bonds. The van der Waals surface area contributed by atoms with E-state index in [1.54, 1.807) is 12.1 Å². The molecule has 1 aliphatic rings. The van der Waals surface area contributed by atoms with E-state index in [0.717, 1.165) is 6.42 Å². The second-order valence-electron chi connectivity index (χ2n) is 4.89. The minimum Gasteiger partial charge on any atom is -0.490 e. The number of rotatable bonds is 3. The number of anilines is 1. The Bertz CT molecular complexity index is 839. The molecule has 1 heterocycles. The Kier molecular flexibility index (Phi) is 4.57. The van der Waals surface area contributed by atoms with Gasteiger partial charge in [-0.2, -0.15) is 0 Å². The fraction of sp³-hybridized carbons (Fsp3) is 0.200. The molecule has 2 aromatic rings. The maximum atomic E-state index is 12.4. The van der Waals surface area contributed by atoms with Crippen molar-refractivity contribution in [3.63, 3.8) is 0 Å². The lowest BCUT2D eigenvalue weighted by molar-refractivity contribution is 0.297. The molecule has 0 spiro atoms. The van der Waals surface area contributed by atoms with Crippen LogP contribution in [0.4, 0.5) is 5.69 Å². The van der Waals surface area contributed by atoms with Gasteiger partial charge in [-0.15, -0.1) is 0 Å². The first-order chi connectivity index (χ1) is 11.0. The monoisotopic (exact) mass is 373 g/mol. The van der Waals surface area contributed by atoms with Gasteiger partial charge in [0.25, 0.3) is 10.0 Å². The Morgan fingerprint density at radius 3 is 2.39 bits per heavy atom. The lowest BCUT2D eigenvalue weighted by Gasteiger charge is -2.13. The van der Waals surface area contributed by atoms with Crippen molar-refractivity contribution in [1.82, 2.24) is 0 Å². The molecule has 0 aromatic heterocycles. The van der Waals surface area contributed by atoms with Crippen molar-refractivity contribution in [2.45, 2.75) is 11.3 Å². The normalized spacial score (nSPS) is 14.2. The molecule has 1 N–H and O–H groups in total. The SMILES string of the molecule is O=S(=O)(Nc1cc2c(cc1Cl)OCCCO2)c1cccc(Cl)c1. The molecule has 0 saturated carbocycles. The summed E-state index contributed by atoms with van der Waals surface area (Å²) in [7, 11) is -3.81. The van der Waals surface area contributed by atoms with E-state index in [4.69, 9.17) is 32.7 Å². The van der Waals surface area contributed by atoms with Gasteiger partial charge in [-0.25, -0.2) is 8.42 Å². The van der Waals surface area contributed by atoms with Crippen LogP contribution in [0.1, 0.15) is 6.42 Å². The average molecular weight is 374 g/mol. The second-order valence-corrected chi connectivity index (χ2v) is 7.42. The van der Waals surface area contributed by atoms with E-state index < -0.39 is 10.0 Å². The highest BCUT2D eigenvalue weighted by molar-refractivity contribution is 7.92. The van der Waals surface area contributed by atoms with Crippen LogP contribution in [0.5, 0.6) is 11.5 Å². The number of nitrogens with one attached hydrogen (secondary N) is 1. The van der Waals surface area contributed by atoms with Crippen molar-refractivity contribution >= 4 is 38.9 Å². The van der Waals surface area contributed by atoms with Crippen molar-refractivity contribution in [1.29, 1.82) is 0 Å². The quantitative estimate of drug-likeness (QED) is 0.884. The first-order valence-corrected chi connectivity index (χ1v) is 9.07. The molecule has 0 saturated heterocycles. The van der Waals surface area contributed by atoms with Crippen LogP contribution in [0.15, 0.2) is 41.3 Å². The van der Waals surface area contributed by atoms with E-state index in [-0.39, 0.29) is 15.6 Å². The van der Waals surface area contributed by atoms with E-state index in [0.29, 0.717) is 29.7 Å². The van der Waals surface area contributed by atoms with Gasteiger partial charge < -0.3 is 9.47 Å². The molecule has 8 heteroatoms. The Hall–Kier alpha value is -1.63. The predicted molar refractivity (Wildman–Crippen MR) is 89.3 cm³/mol. The van der Waals surface area contributed by atoms with Crippen LogP contribution < -0.4 is 14.2 Å². The summed E-state index contributed by atoms with van der Waals surface area (Å²) in [6, 6.07) is 9.03. The van der Waals surface area contributed by atoms with Crippen molar-refractivity contribution in [2.75, 3.05) is 17.9 Å². The number of ether oxygens (including phenoxy) is 2. The van der Waals surface area contributed by atoms with Crippen LogP contribution >= 0.6 is 23.2 Å². The van der Waals surface area contributed by atoms with Crippen molar-refractivity contribution in [3.05, 3.63) is 46.4 Å². The lowest BCUT2D eigenvalue weighted by atomic mass is 10.3. The third kappa shape index (κ3) is 3.65. The molecular formula is C15H13Cl2NO4S. The fourth-order valence-corrected chi connectivity index (χ4v) is 3.73. The number of halogens is 2. The van der Waals surface area contributed by atoms with E-state index in [1.165, 1.54) is 24.3 Å². The van der Waals surface area contributed by atoms with Gasteiger partial charge >= 0.3 is 0 Å². The zero-order valence-electron chi connectivity index (χ0n) is 11.9. The maximum Gasteiger partial charge on any atom is 0.261 e. The minimum atomic E-state index is -3.81. The van der Waals surface area contributed by atoms with E-state index in [1.807, 2.05) is 0 Å². The summed E-state index contributed by atoms with van der Waals surface area (Å²) >= 11 is 12.0. The summed E-state index contributed by atoms with van der Waals surface area (Å²) in [6.07, 6.45) is 0.746. The molecular weight excluding hydrogens is 361 g/mol. The molecule has 2 aromatic carbocycles. The topological polar surface area (TPSA) is 64.6 Å². The Labute approximate surface area is 144 Å². The van der Waals surface area contributed by atoms with Gasteiger partial charge in [-0.3, -0.25) is 4.72 Å². The van der Waals surface area contributed by atoms with E-state index in [9.17, 15) is 8.42 Å². The van der Waals surface area contributed by atoms with Crippen LogP contribution in [-0.4, -0.2) is 21.6 Å². The Morgan fingerprint density at radius 1 is 1.00 bits per heavy atom. The van der Waals surface area contributed by atoms with Crippen LogP contribution in [0.2, 0.25) is 10.0 Å². The predicted octanol–water partition coefficient (Wildman–Crippen LogP) is 3.96. The highest BCUT2D eigenvalue weighted by Crippen LogP contribution is 2.38. The molecule has 23 heavy (non-hydrogen) atoms. The number of fused-ring (bicyclic) bond motifs is 1. The van der Waals surface area contributed by atoms with E-state index >= 15 is 0 Å². The van der Waals surface area contributed by atoms with Gasteiger partial charge in [0, 0.05) is 23.6 Å². The molecule has 0 unspecified atom stereocenters. The third-order valence-corrected chi connectivity index (χ3v) is 5.10. The smallest absolute Gasteiger partial charge is 0.261 e. The number of hydrogen-bond donors (Lipinski definition) is 1. The maximum absolute atomic E-state index is 12.4. The van der Waals surface area contributed by atoms with Crippen LogP contribution in [0, 0.1) is 0 Å². The average Bonchev–Trinajstić information content (AvgIpc) is 2.72. The standard InChI is InChI=1S/C15H13Cl2NO4S/c16-10-3-1-4-11(7-10)23(19,20)18-13-9-15-14(8-12(13)17)21-5-2-6-22-15/h1,3-4,7-9,18H,2,5-6H2. The first-order valence-electron chi connectivity index (χ1n) is 6.83. The summed E-state index contributed by atoms with van der Waals surface area (Å²) in [5.74, 6) is 0.953. The first kappa shape index (κ1) is 16.2. The summed E-state index contributed by atoms with van der Waals surface area (Å²) in [4.78, 5) is 0.0492. The van der Waals surface area contributed by atoms with Gasteiger partial charge in [0.1, 0.15) is 0 Å². The molecule has 0 aliphatic carbocycles. The van der Waals surface area contributed by atoms with Crippen LogP contribution in [0.3, 0.4) is 0 Å².